The van der Waals surface area contributed by atoms with Gasteiger partial charge in [-0.2, -0.15) is 0 Å². The minimum Gasteiger partial charge on any atom is -0.391 e. The molecule has 2 rings (SSSR count). The Balaban J connectivity index is 2.21. The van der Waals surface area contributed by atoms with E-state index in [1.54, 1.807) is 12.1 Å². The van der Waals surface area contributed by atoms with Crippen molar-refractivity contribution in [2.24, 2.45) is 0 Å². The monoisotopic (exact) mass is 306 g/mol. The fraction of sp³-hybridized carbons (Fsp3) is 0.200. The molecular weight excluding hydrogens is 292 g/mol. The number of nitrogens with zero attached hydrogens (tertiary/aromatic N) is 2. The fourth-order valence-corrected chi connectivity index (χ4v) is 2.20. The Morgan fingerprint density at radius 2 is 1.90 bits per heavy atom. The third-order valence-electron chi connectivity index (χ3n) is 3.20. The van der Waals surface area contributed by atoms with Crippen molar-refractivity contribution in [3.8, 4) is 0 Å². The standard InChI is InChI=1S/C15H15ClN2O3/c1-17(9-11-2-4-13(16)5-3-11)14-6-7-15(18(20)21)12(8-14)10-19/h2-8,19H,9-10H2,1H3. The van der Waals surface area contributed by atoms with E-state index in [0.717, 1.165) is 11.3 Å². The van der Waals surface area contributed by atoms with Crippen LogP contribution in [0.5, 0.6) is 0 Å². The van der Waals surface area contributed by atoms with E-state index in [0.29, 0.717) is 17.1 Å². The van der Waals surface area contributed by atoms with Crippen molar-refractivity contribution >= 4 is 23.0 Å². The summed E-state index contributed by atoms with van der Waals surface area (Å²) in [6.07, 6.45) is 0. The van der Waals surface area contributed by atoms with Gasteiger partial charge in [0.1, 0.15) is 0 Å². The number of nitro benzene ring substituents is 1. The molecule has 0 aliphatic rings. The summed E-state index contributed by atoms with van der Waals surface area (Å²) in [7, 11) is 1.89. The molecule has 0 saturated heterocycles. The van der Waals surface area contributed by atoms with Crippen LogP contribution in [0.15, 0.2) is 42.5 Å². The first-order chi connectivity index (χ1) is 10.0. The van der Waals surface area contributed by atoms with E-state index in [-0.39, 0.29) is 12.3 Å². The molecule has 0 radical (unpaired) electrons. The summed E-state index contributed by atoms with van der Waals surface area (Å²) in [4.78, 5) is 12.3. The second kappa shape index (κ2) is 6.56. The van der Waals surface area contributed by atoms with Crippen molar-refractivity contribution < 1.29 is 10.0 Å². The summed E-state index contributed by atoms with van der Waals surface area (Å²) >= 11 is 5.85. The van der Waals surface area contributed by atoms with Gasteiger partial charge in [0, 0.05) is 30.4 Å². The molecule has 2 aromatic rings. The Morgan fingerprint density at radius 1 is 1.24 bits per heavy atom. The van der Waals surface area contributed by atoms with Gasteiger partial charge in [-0.05, 0) is 29.8 Å². The first kappa shape index (κ1) is 15.3. The third-order valence-corrected chi connectivity index (χ3v) is 3.46. The quantitative estimate of drug-likeness (QED) is 0.679. The predicted molar refractivity (Wildman–Crippen MR) is 82.6 cm³/mol. The van der Waals surface area contributed by atoms with Crippen LogP contribution in [0.1, 0.15) is 11.1 Å². The van der Waals surface area contributed by atoms with Gasteiger partial charge in [0.05, 0.1) is 17.1 Å². The number of anilines is 1. The topological polar surface area (TPSA) is 66.6 Å². The Hall–Kier alpha value is -2.11. The number of nitro groups is 1. The smallest absolute Gasteiger partial charge is 0.275 e. The van der Waals surface area contributed by atoms with Crippen molar-refractivity contribution in [2.75, 3.05) is 11.9 Å². The molecule has 2 aromatic carbocycles. The van der Waals surface area contributed by atoms with Crippen molar-refractivity contribution in [3.05, 3.63) is 68.7 Å². The van der Waals surface area contributed by atoms with Crippen LogP contribution >= 0.6 is 11.6 Å². The lowest BCUT2D eigenvalue weighted by Gasteiger charge is -2.20. The fourth-order valence-electron chi connectivity index (χ4n) is 2.07. The zero-order valence-corrected chi connectivity index (χ0v) is 12.2. The van der Waals surface area contributed by atoms with Crippen molar-refractivity contribution in [3.63, 3.8) is 0 Å². The lowest BCUT2D eigenvalue weighted by atomic mass is 10.1. The zero-order valence-electron chi connectivity index (χ0n) is 11.5. The van der Waals surface area contributed by atoms with E-state index in [1.807, 2.05) is 36.2 Å². The second-order valence-corrected chi connectivity index (χ2v) is 5.15. The van der Waals surface area contributed by atoms with Gasteiger partial charge in [-0.25, -0.2) is 0 Å². The van der Waals surface area contributed by atoms with Crippen LogP contribution in [-0.4, -0.2) is 17.1 Å². The summed E-state index contributed by atoms with van der Waals surface area (Å²) in [5.74, 6) is 0. The van der Waals surface area contributed by atoms with E-state index < -0.39 is 4.92 Å². The Kier molecular flexibility index (Phi) is 4.77. The van der Waals surface area contributed by atoms with Gasteiger partial charge < -0.3 is 10.0 Å². The van der Waals surface area contributed by atoms with Crippen LogP contribution in [0.25, 0.3) is 0 Å². The first-order valence-electron chi connectivity index (χ1n) is 6.35. The number of aliphatic hydroxyl groups is 1. The summed E-state index contributed by atoms with van der Waals surface area (Å²) in [6, 6.07) is 12.2. The van der Waals surface area contributed by atoms with E-state index in [2.05, 4.69) is 0 Å². The maximum Gasteiger partial charge on any atom is 0.275 e. The average molecular weight is 307 g/mol. The molecule has 0 unspecified atom stereocenters. The number of hydrogen-bond acceptors (Lipinski definition) is 4. The Morgan fingerprint density at radius 3 is 2.48 bits per heavy atom. The van der Waals surface area contributed by atoms with E-state index in [9.17, 15) is 15.2 Å². The highest BCUT2D eigenvalue weighted by Crippen LogP contribution is 2.25. The highest BCUT2D eigenvalue weighted by atomic mass is 35.5. The van der Waals surface area contributed by atoms with Gasteiger partial charge in [-0.1, -0.05) is 23.7 Å². The summed E-state index contributed by atoms with van der Waals surface area (Å²) in [5, 5.41) is 20.8. The number of aliphatic hydroxyl groups excluding tert-OH is 1. The minimum atomic E-state index is -0.492. The van der Waals surface area contributed by atoms with Crippen LogP contribution in [0, 0.1) is 10.1 Å². The molecule has 0 aliphatic carbocycles. The molecule has 0 fully saturated rings. The molecule has 0 heterocycles. The number of benzene rings is 2. The van der Waals surface area contributed by atoms with Crippen molar-refractivity contribution in [2.45, 2.75) is 13.2 Å². The molecule has 6 heteroatoms. The Labute approximate surface area is 127 Å². The van der Waals surface area contributed by atoms with Crippen LogP contribution in [0.2, 0.25) is 5.02 Å². The highest BCUT2D eigenvalue weighted by Gasteiger charge is 2.14. The maximum atomic E-state index is 10.9. The molecule has 0 bridgehead atoms. The summed E-state index contributed by atoms with van der Waals surface area (Å²) in [5.41, 5.74) is 2.12. The average Bonchev–Trinajstić information content (AvgIpc) is 2.48. The number of hydrogen-bond donors (Lipinski definition) is 1. The van der Waals surface area contributed by atoms with Crippen molar-refractivity contribution in [1.29, 1.82) is 0 Å². The van der Waals surface area contributed by atoms with Crippen molar-refractivity contribution in [1.82, 2.24) is 0 Å². The van der Waals surface area contributed by atoms with Gasteiger partial charge in [0.15, 0.2) is 0 Å². The van der Waals surface area contributed by atoms with Crippen LogP contribution < -0.4 is 4.90 Å². The first-order valence-corrected chi connectivity index (χ1v) is 6.73. The predicted octanol–water partition coefficient (Wildman–Crippen LogP) is 3.38. The van der Waals surface area contributed by atoms with E-state index in [4.69, 9.17) is 11.6 Å². The molecule has 1 N–H and O–H groups in total. The molecule has 0 amide bonds. The maximum absolute atomic E-state index is 10.9. The van der Waals surface area contributed by atoms with E-state index >= 15 is 0 Å². The minimum absolute atomic E-state index is 0.0684. The molecule has 5 nitrogen and oxygen atoms in total. The Bertz CT molecular complexity index is 644. The lowest BCUT2D eigenvalue weighted by molar-refractivity contribution is -0.385. The van der Waals surface area contributed by atoms with Gasteiger partial charge >= 0.3 is 0 Å². The lowest BCUT2D eigenvalue weighted by Crippen LogP contribution is -2.16. The van der Waals surface area contributed by atoms with Crippen LogP contribution in [0.3, 0.4) is 0 Å². The zero-order chi connectivity index (χ0) is 15.4. The van der Waals surface area contributed by atoms with E-state index in [1.165, 1.54) is 6.07 Å². The van der Waals surface area contributed by atoms with Crippen LogP contribution in [-0.2, 0) is 13.2 Å². The molecule has 0 spiro atoms. The second-order valence-electron chi connectivity index (χ2n) is 4.71. The van der Waals surface area contributed by atoms with Gasteiger partial charge in [-0.15, -0.1) is 0 Å². The normalized spacial score (nSPS) is 10.4. The summed E-state index contributed by atoms with van der Waals surface area (Å²) in [6.45, 7) is 0.277. The molecule has 110 valence electrons. The summed E-state index contributed by atoms with van der Waals surface area (Å²) < 4.78 is 0. The number of rotatable bonds is 5. The third kappa shape index (κ3) is 3.71. The van der Waals surface area contributed by atoms with Gasteiger partial charge in [0.25, 0.3) is 5.69 Å². The molecular formula is C15H15ClN2O3. The van der Waals surface area contributed by atoms with Crippen LogP contribution in [0.4, 0.5) is 11.4 Å². The molecule has 0 saturated carbocycles. The molecule has 21 heavy (non-hydrogen) atoms. The largest absolute Gasteiger partial charge is 0.391 e. The molecule has 0 aromatic heterocycles. The van der Waals surface area contributed by atoms with Gasteiger partial charge in [-0.3, -0.25) is 10.1 Å². The molecule has 0 atom stereocenters. The highest BCUT2D eigenvalue weighted by molar-refractivity contribution is 6.30. The number of halogens is 1. The molecule has 0 aliphatic heterocycles. The SMILES string of the molecule is CN(Cc1ccc(Cl)cc1)c1ccc([N+](=O)[O-])c(CO)c1. The van der Waals surface area contributed by atoms with Gasteiger partial charge in [0.2, 0.25) is 0 Å².